The van der Waals surface area contributed by atoms with Gasteiger partial charge in [0.1, 0.15) is 5.75 Å². The summed E-state index contributed by atoms with van der Waals surface area (Å²) >= 11 is 0. The first-order valence-electron chi connectivity index (χ1n) is 10.4. The van der Waals surface area contributed by atoms with E-state index in [1.807, 2.05) is 0 Å². The molecule has 0 aromatic heterocycles. The number of ether oxygens (including phenoxy) is 1. The Bertz CT molecular complexity index is 1440. The molecule has 11 nitrogen and oxygen atoms in total. The first-order chi connectivity index (χ1) is 16.6. The van der Waals surface area contributed by atoms with Crippen molar-refractivity contribution < 1.29 is 27.7 Å². The number of para-hydroxylation sites is 1. The molecule has 3 N–H and O–H groups in total. The summed E-state index contributed by atoms with van der Waals surface area (Å²) in [5, 5.41) is 16.5. The smallest absolute Gasteiger partial charge is 0.270 e. The van der Waals surface area contributed by atoms with Gasteiger partial charge in [-0.25, -0.2) is 8.42 Å². The molecule has 1 unspecified atom stereocenters. The van der Waals surface area contributed by atoms with Crippen LogP contribution in [0.2, 0.25) is 0 Å². The van der Waals surface area contributed by atoms with Crippen LogP contribution in [-0.4, -0.2) is 31.8 Å². The third-order valence-electron chi connectivity index (χ3n) is 5.24. The van der Waals surface area contributed by atoms with Gasteiger partial charge in [-0.1, -0.05) is 24.3 Å². The van der Waals surface area contributed by atoms with Gasteiger partial charge in [0.05, 0.1) is 32.8 Å². The first kappa shape index (κ1) is 23.7. The molecular weight excluding hydrogens is 476 g/mol. The van der Waals surface area contributed by atoms with E-state index in [1.54, 1.807) is 37.3 Å². The first-order valence-corrected chi connectivity index (χ1v) is 11.9. The van der Waals surface area contributed by atoms with E-state index >= 15 is 0 Å². The minimum Gasteiger partial charge on any atom is -0.482 e. The molecule has 3 aromatic rings. The van der Waals surface area contributed by atoms with Crippen LogP contribution in [0.15, 0.2) is 71.6 Å². The molecule has 1 atom stereocenters. The zero-order chi connectivity index (χ0) is 25.2. The third-order valence-corrected chi connectivity index (χ3v) is 6.60. The molecule has 2 amide bonds. The summed E-state index contributed by atoms with van der Waals surface area (Å²) in [6.07, 6.45) is 0. The van der Waals surface area contributed by atoms with Crippen LogP contribution < -0.4 is 20.1 Å². The van der Waals surface area contributed by atoms with Gasteiger partial charge in [0.2, 0.25) is 0 Å². The Kier molecular flexibility index (Phi) is 6.38. The second-order valence-electron chi connectivity index (χ2n) is 7.69. The predicted molar refractivity (Wildman–Crippen MR) is 127 cm³/mol. The molecule has 0 saturated heterocycles. The van der Waals surface area contributed by atoms with Crippen molar-refractivity contribution in [1.29, 1.82) is 0 Å². The number of nitrogens with zero attached hydrogens (tertiary/aromatic N) is 1. The second kappa shape index (κ2) is 9.43. The molecule has 1 aliphatic heterocycles. The van der Waals surface area contributed by atoms with Gasteiger partial charge in [-0.15, -0.1) is 0 Å². The molecule has 3 aromatic carbocycles. The van der Waals surface area contributed by atoms with Crippen LogP contribution in [0.4, 0.5) is 17.1 Å². The summed E-state index contributed by atoms with van der Waals surface area (Å²) in [5.74, 6) is -0.308. The van der Waals surface area contributed by atoms with Crippen molar-refractivity contribution in [2.75, 3.05) is 16.6 Å². The fraction of sp³-hybridized carbons (Fsp3) is 0.130. The number of benzene rings is 3. The van der Waals surface area contributed by atoms with Gasteiger partial charge < -0.3 is 15.4 Å². The average Bonchev–Trinajstić information content (AvgIpc) is 2.83. The van der Waals surface area contributed by atoms with E-state index < -0.39 is 26.9 Å². The molecule has 0 bridgehead atoms. The Balaban J connectivity index is 1.54. The van der Waals surface area contributed by atoms with Crippen LogP contribution in [0.1, 0.15) is 28.9 Å². The molecule has 35 heavy (non-hydrogen) atoms. The number of nitro benzene ring substituents is 1. The summed E-state index contributed by atoms with van der Waals surface area (Å²) in [6.45, 7) is 1.67. The predicted octanol–water partition coefficient (Wildman–Crippen LogP) is 3.22. The molecule has 0 saturated carbocycles. The van der Waals surface area contributed by atoms with Gasteiger partial charge >= 0.3 is 0 Å². The number of carbonyl (C=O) groups is 2. The monoisotopic (exact) mass is 496 g/mol. The number of nitro groups is 1. The maximum Gasteiger partial charge on any atom is 0.270 e. The number of carbonyl (C=O) groups excluding carboxylic acids is 2. The number of fused-ring (bicyclic) bond motifs is 1. The van der Waals surface area contributed by atoms with E-state index in [2.05, 4.69) is 15.4 Å². The molecule has 1 heterocycles. The summed E-state index contributed by atoms with van der Waals surface area (Å²) in [4.78, 5) is 34.6. The summed E-state index contributed by atoms with van der Waals surface area (Å²) in [6, 6.07) is 15.2. The lowest BCUT2D eigenvalue weighted by Crippen LogP contribution is -2.29. The molecule has 1 aliphatic rings. The van der Waals surface area contributed by atoms with Gasteiger partial charge in [-0.05, 0) is 42.8 Å². The highest BCUT2D eigenvalue weighted by molar-refractivity contribution is 7.92. The quantitative estimate of drug-likeness (QED) is 0.335. The van der Waals surface area contributed by atoms with E-state index in [0.29, 0.717) is 17.0 Å². The van der Waals surface area contributed by atoms with Crippen LogP contribution in [-0.2, 0) is 14.8 Å². The maximum atomic E-state index is 13.0. The molecule has 0 aliphatic carbocycles. The number of amides is 2. The minimum atomic E-state index is -4.21. The largest absolute Gasteiger partial charge is 0.482 e. The van der Waals surface area contributed by atoms with Gasteiger partial charge in [0.15, 0.2) is 6.61 Å². The molecular formula is C23H20N4O7S. The summed E-state index contributed by atoms with van der Waals surface area (Å²) < 4.78 is 33.4. The van der Waals surface area contributed by atoms with Crippen molar-refractivity contribution in [2.45, 2.75) is 17.9 Å². The normalized spacial score (nSPS) is 13.6. The lowest BCUT2D eigenvalue weighted by Gasteiger charge is -2.21. The topological polar surface area (TPSA) is 157 Å². The number of nitrogens with one attached hydrogen (secondary N) is 3. The van der Waals surface area contributed by atoms with E-state index in [-0.39, 0.29) is 34.3 Å². The number of anilines is 2. The zero-order valence-electron chi connectivity index (χ0n) is 18.3. The number of hydrogen-bond acceptors (Lipinski definition) is 7. The fourth-order valence-electron chi connectivity index (χ4n) is 3.47. The summed E-state index contributed by atoms with van der Waals surface area (Å²) in [7, 11) is -4.21. The Hall–Kier alpha value is -4.45. The van der Waals surface area contributed by atoms with Crippen molar-refractivity contribution in [2.24, 2.45) is 0 Å². The Morgan fingerprint density at radius 1 is 1.11 bits per heavy atom. The van der Waals surface area contributed by atoms with E-state index in [0.717, 1.165) is 6.07 Å². The Labute approximate surface area is 200 Å². The molecule has 4 rings (SSSR count). The average molecular weight is 497 g/mol. The van der Waals surface area contributed by atoms with Crippen molar-refractivity contribution in [3.8, 4) is 5.75 Å². The number of rotatable bonds is 7. The van der Waals surface area contributed by atoms with Crippen molar-refractivity contribution in [1.82, 2.24) is 5.32 Å². The van der Waals surface area contributed by atoms with Gasteiger partial charge in [0.25, 0.3) is 27.5 Å². The molecule has 0 spiro atoms. The summed E-state index contributed by atoms with van der Waals surface area (Å²) in [5.41, 5.74) is 0.875. The number of non-ortho nitro benzene ring substituents is 1. The van der Waals surface area contributed by atoms with Crippen LogP contribution in [0.5, 0.6) is 5.75 Å². The molecule has 12 heteroatoms. The fourth-order valence-corrected chi connectivity index (χ4v) is 4.58. The van der Waals surface area contributed by atoms with Gasteiger partial charge in [-0.2, -0.15) is 0 Å². The maximum absolute atomic E-state index is 13.0. The lowest BCUT2D eigenvalue weighted by molar-refractivity contribution is -0.385. The van der Waals surface area contributed by atoms with Crippen molar-refractivity contribution >= 4 is 38.9 Å². The third kappa shape index (κ3) is 5.22. The van der Waals surface area contributed by atoms with Crippen LogP contribution >= 0.6 is 0 Å². The van der Waals surface area contributed by atoms with Crippen molar-refractivity contribution in [3.63, 3.8) is 0 Å². The zero-order valence-corrected chi connectivity index (χ0v) is 19.2. The van der Waals surface area contributed by atoms with Crippen LogP contribution in [0.25, 0.3) is 0 Å². The standard InChI is InChI=1S/C23H20N4O7S/c1-14(15-9-10-21-20(11-15)25-22(28)13-34-21)24-23(29)18-7-2-3-8-19(18)26-35(32,33)17-6-4-5-16(12-17)27(30)31/h2-12,14,26H,13H2,1H3,(H,24,29)(H,25,28). The molecule has 0 radical (unpaired) electrons. The van der Waals surface area contributed by atoms with Gasteiger partial charge in [-0.3, -0.25) is 24.4 Å². The second-order valence-corrected chi connectivity index (χ2v) is 9.38. The molecule has 180 valence electrons. The van der Waals surface area contributed by atoms with Crippen LogP contribution in [0.3, 0.4) is 0 Å². The number of sulfonamides is 1. The Morgan fingerprint density at radius 3 is 2.66 bits per heavy atom. The lowest BCUT2D eigenvalue weighted by atomic mass is 10.1. The van der Waals surface area contributed by atoms with E-state index in [9.17, 15) is 28.1 Å². The number of hydrogen-bond donors (Lipinski definition) is 3. The van der Waals surface area contributed by atoms with Crippen LogP contribution in [0, 0.1) is 10.1 Å². The minimum absolute atomic E-state index is 0.00908. The van der Waals surface area contributed by atoms with Crippen molar-refractivity contribution in [3.05, 3.63) is 88.0 Å². The molecule has 0 fully saturated rings. The Morgan fingerprint density at radius 2 is 1.89 bits per heavy atom. The van der Waals surface area contributed by atoms with E-state index in [1.165, 1.54) is 30.3 Å². The highest BCUT2D eigenvalue weighted by Gasteiger charge is 2.22. The van der Waals surface area contributed by atoms with Gasteiger partial charge in [0, 0.05) is 12.1 Å². The SMILES string of the molecule is CC(NC(=O)c1ccccc1NS(=O)(=O)c1cccc([N+](=O)[O-])c1)c1ccc2c(c1)NC(=O)CO2. The highest BCUT2D eigenvalue weighted by Crippen LogP contribution is 2.31. The van der Waals surface area contributed by atoms with E-state index in [4.69, 9.17) is 4.74 Å². The highest BCUT2D eigenvalue weighted by atomic mass is 32.2.